The maximum Gasteiger partial charge on any atom is 0.286 e. The maximum atomic E-state index is 12.2. The van der Waals surface area contributed by atoms with Crippen molar-refractivity contribution in [3.05, 3.63) is 75.2 Å². The van der Waals surface area contributed by atoms with Crippen LogP contribution in [-0.2, 0) is 6.54 Å². The van der Waals surface area contributed by atoms with Gasteiger partial charge in [0, 0.05) is 11.3 Å². The van der Waals surface area contributed by atoms with Crippen molar-refractivity contribution in [1.82, 2.24) is 15.5 Å². The van der Waals surface area contributed by atoms with Crippen LogP contribution < -0.4 is 10.6 Å². The Labute approximate surface area is 155 Å². The largest absolute Gasteiger partial charge is 0.345 e. The summed E-state index contributed by atoms with van der Waals surface area (Å²) >= 11 is 1.15. The van der Waals surface area contributed by atoms with Gasteiger partial charge in [0.2, 0.25) is 5.01 Å². The van der Waals surface area contributed by atoms with Crippen LogP contribution in [0.4, 0.5) is 5.69 Å². The molecule has 0 aliphatic rings. The van der Waals surface area contributed by atoms with Crippen LogP contribution in [0.1, 0.15) is 36.3 Å². The number of aromatic nitrogens is 2. The second kappa shape index (κ2) is 7.88. The van der Waals surface area contributed by atoms with E-state index in [0.29, 0.717) is 16.3 Å². The molecule has 2 amide bonds. The summed E-state index contributed by atoms with van der Waals surface area (Å²) in [6.07, 6.45) is 0. The highest BCUT2D eigenvalue weighted by Crippen LogP contribution is 2.14. The zero-order valence-corrected chi connectivity index (χ0v) is 15.3. The molecule has 2 N–H and O–H groups in total. The summed E-state index contributed by atoms with van der Waals surface area (Å²) in [5.41, 5.74) is 3.49. The minimum absolute atomic E-state index is 0.189. The van der Waals surface area contributed by atoms with Gasteiger partial charge >= 0.3 is 0 Å². The van der Waals surface area contributed by atoms with Crippen LogP contribution in [0.5, 0.6) is 0 Å². The van der Waals surface area contributed by atoms with Gasteiger partial charge in [-0.05, 0) is 38.1 Å². The second-order valence-electron chi connectivity index (χ2n) is 5.87. The molecule has 132 valence electrons. The number of benzene rings is 2. The van der Waals surface area contributed by atoms with Gasteiger partial charge in [0.1, 0.15) is 5.01 Å². The molecule has 3 aromatic rings. The Morgan fingerprint density at radius 3 is 2.15 bits per heavy atom. The average molecular weight is 366 g/mol. The first-order chi connectivity index (χ1) is 12.5. The third-order valence-corrected chi connectivity index (χ3v) is 4.61. The molecule has 7 heteroatoms. The molecular formula is C19H18N4O2S. The SMILES string of the molecule is Cc1ccc(NC(=O)c2nnc(CNC(=O)c3ccc(C)cc3)s2)cc1. The fourth-order valence-corrected chi connectivity index (χ4v) is 2.88. The number of nitrogens with one attached hydrogen (secondary N) is 2. The van der Waals surface area contributed by atoms with Crippen molar-refractivity contribution < 1.29 is 9.59 Å². The fraction of sp³-hybridized carbons (Fsp3) is 0.158. The Balaban J connectivity index is 1.57. The monoisotopic (exact) mass is 366 g/mol. The van der Waals surface area contributed by atoms with Crippen molar-refractivity contribution in [1.29, 1.82) is 0 Å². The van der Waals surface area contributed by atoms with Gasteiger partial charge in [-0.25, -0.2) is 0 Å². The average Bonchev–Trinajstić information content (AvgIpc) is 3.11. The standard InChI is InChI=1S/C19H18N4O2S/c1-12-3-7-14(8-4-12)17(24)20-11-16-22-23-19(26-16)18(25)21-15-9-5-13(2)6-10-15/h3-10H,11H2,1-2H3,(H,20,24)(H,21,25). The Morgan fingerprint density at radius 1 is 0.885 bits per heavy atom. The number of amides is 2. The lowest BCUT2D eigenvalue weighted by molar-refractivity contribution is 0.0950. The third kappa shape index (κ3) is 4.52. The van der Waals surface area contributed by atoms with Gasteiger partial charge in [-0.2, -0.15) is 0 Å². The molecule has 0 unspecified atom stereocenters. The van der Waals surface area contributed by atoms with E-state index in [2.05, 4.69) is 20.8 Å². The quantitative estimate of drug-likeness (QED) is 0.725. The number of rotatable bonds is 5. The van der Waals surface area contributed by atoms with E-state index < -0.39 is 0 Å². The normalized spacial score (nSPS) is 10.4. The molecule has 2 aromatic carbocycles. The van der Waals surface area contributed by atoms with Gasteiger partial charge in [-0.3, -0.25) is 9.59 Å². The molecule has 0 bridgehead atoms. The van der Waals surface area contributed by atoms with Crippen LogP contribution in [0.15, 0.2) is 48.5 Å². The number of carbonyl (C=O) groups is 2. The predicted octanol–water partition coefficient (Wildman–Crippen LogP) is 3.34. The minimum atomic E-state index is -0.317. The summed E-state index contributed by atoms with van der Waals surface area (Å²) in [5.74, 6) is -0.506. The maximum absolute atomic E-state index is 12.2. The van der Waals surface area contributed by atoms with Crippen molar-refractivity contribution in [2.75, 3.05) is 5.32 Å². The van der Waals surface area contributed by atoms with Gasteiger partial charge in [0.25, 0.3) is 11.8 Å². The summed E-state index contributed by atoms with van der Waals surface area (Å²) in [7, 11) is 0. The first-order valence-electron chi connectivity index (χ1n) is 8.06. The van der Waals surface area contributed by atoms with E-state index in [9.17, 15) is 9.59 Å². The Morgan fingerprint density at radius 2 is 1.50 bits per heavy atom. The number of carbonyl (C=O) groups excluding carboxylic acids is 2. The van der Waals surface area contributed by atoms with Gasteiger partial charge in [0.15, 0.2) is 0 Å². The molecule has 0 saturated carbocycles. The zero-order valence-electron chi connectivity index (χ0n) is 14.4. The highest BCUT2D eigenvalue weighted by molar-refractivity contribution is 7.13. The molecule has 0 aliphatic carbocycles. The molecule has 0 radical (unpaired) electrons. The number of aryl methyl sites for hydroxylation is 2. The number of hydrogen-bond acceptors (Lipinski definition) is 5. The Bertz CT molecular complexity index is 917. The lowest BCUT2D eigenvalue weighted by Crippen LogP contribution is -2.22. The molecule has 0 spiro atoms. The second-order valence-corrected chi connectivity index (χ2v) is 6.93. The van der Waals surface area contributed by atoms with Crippen molar-refractivity contribution >= 4 is 28.8 Å². The van der Waals surface area contributed by atoms with E-state index in [4.69, 9.17) is 0 Å². The summed E-state index contributed by atoms with van der Waals surface area (Å²) in [4.78, 5) is 24.3. The van der Waals surface area contributed by atoms with Crippen LogP contribution in [0.2, 0.25) is 0 Å². The van der Waals surface area contributed by atoms with Gasteiger partial charge in [-0.15, -0.1) is 10.2 Å². The smallest absolute Gasteiger partial charge is 0.286 e. The first-order valence-corrected chi connectivity index (χ1v) is 8.88. The van der Waals surface area contributed by atoms with Gasteiger partial charge in [-0.1, -0.05) is 46.7 Å². The molecule has 0 saturated heterocycles. The van der Waals surface area contributed by atoms with Crippen LogP contribution in [0, 0.1) is 13.8 Å². The van der Waals surface area contributed by atoms with Crippen molar-refractivity contribution in [3.8, 4) is 0 Å². The Hall–Kier alpha value is -3.06. The van der Waals surface area contributed by atoms with Crippen molar-refractivity contribution in [3.63, 3.8) is 0 Å². The molecule has 0 aliphatic heterocycles. The van der Waals surface area contributed by atoms with E-state index in [1.54, 1.807) is 12.1 Å². The summed E-state index contributed by atoms with van der Waals surface area (Å²) in [6.45, 7) is 4.17. The van der Waals surface area contributed by atoms with E-state index in [1.807, 2.05) is 50.2 Å². The number of anilines is 1. The van der Waals surface area contributed by atoms with Crippen molar-refractivity contribution in [2.24, 2.45) is 0 Å². The van der Waals surface area contributed by atoms with Crippen LogP contribution in [-0.4, -0.2) is 22.0 Å². The molecule has 1 heterocycles. The first kappa shape index (κ1) is 17.8. The summed E-state index contributed by atoms with van der Waals surface area (Å²) in [6, 6.07) is 14.8. The van der Waals surface area contributed by atoms with Gasteiger partial charge in [0.05, 0.1) is 6.54 Å². The van der Waals surface area contributed by atoms with E-state index in [0.717, 1.165) is 22.5 Å². The summed E-state index contributed by atoms with van der Waals surface area (Å²) in [5, 5.41) is 14.2. The zero-order chi connectivity index (χ0) is 18.5. The topological polar surface area (TPSA) is 84.0 Å². The molecule has 0 atom stereocenters. The predicted molar refractivity (Wildman–Crippen MR) is 101 cm³/mol. The highest BCUT2D eigenvalue weighted by Gasteiger charge is 2.14. The fourth-order valence-electron chi connectivity index (χ4n) is 2.20. The van der Waals surface area contributed by atoms with Gasteiger partial charge < -0.3 is 10.6 Å². The van der Waals surface area contributed by atoms with Crippen molar-refractivity contribution in [2.45, 2.75) is 20.4 Å². The van der Waals surface area contributed by atoms with E-state index >= 15 is 0 Å². The summed E-state index contributed by atoms with van der Waals surface area (Å²) < 4.78 is 0. The number of hydrogen-bond donors (Lipinski definition) is 2. The minimum Gasteiger partial charge on any atom is -0.345 e. The number of nitrogens with zero attached hydrogens (tertiary/aromatic N) is 2. The van der Waals surface area contributed by atoms with Crippen LogP contribution >= 0.6 is 11.3 Å². The molecule has 6 nitrogen and oxygen atoms in total. The lowest BCUT2D eigenvalue weighted by atomic mass is 10.1. The molecule has 3 rings (SSSR count). The van der Waals surface area contributed by atoms with E-state index in [1.165, 1.54) is 0 Å². The lowest BCUT2D eigenvalue weighted by Gasteiger charge is -2.03. The van der Waals surface area contributed by atoms with E-state index in [-0.39, 0.29) is 23.4 Å². The Kier molecular flexibility index (Phi) is 5.38. The van der Waals surface area contributed by atoms with Crippen LogP contribution in [0.25, 0.3) is 0 Å². The highest BCUT2D eigenvalue weighted by atomic mass is 32.1. The molecule has 26 heavy (non-hydrogen) atoms. The third-order valence-electron chi connectivity index (χ3n) is 3.68. The molecule has 1 aromatic heterocycles. The molecule has 0 fully saturated rings. The van der Waals surface area contributed by atoms with Crippen LogP contribution in [0.3, 0.4) is 0 Å². The molecular weight excluding hydrogens is 348 g/mol.